The van der Waals surface area contributed by atoms with E-state index in [1.54, 1.807) is 32.0 Å². The van der Waals surface area contributed by atoms with Gasteiger partial charge < -0.3 is 15.4 Å². The number of aromatic amines is 1. The molecule has 0 saturated carbocycles. The molecule has 168 valence electrons. The molecular weight excluding hydrogens is 422 g/mol. The van der Waals surface area contributed by atoms with E-state index < -0.39 is 35.9 Å². The van der Waals surface area contributed by atoms with Gasteiger partial charge in [0.25, 0.3) is 0 Å². The Morgan fingerprint density at radius 2 is 1.94 bits per heavy atom. The van der Waals surface area contributed by atoms with E-state index in [1.165, 1.54) is 18.2 Å². The summed E-state index contributed by atoms with van der Waals surface area (Å²) in [6.07, 6.45) is -5.88. The molecule has 1 aromatic heterocycles. The molecule has 4 rings (SSSR count). The highest BCUT2D eigenvalue weighted by Gasteiger charge is 2.57. The van der Waals surface area contributed by atoms with Gasteiger partial charge in [0.1, 0.15) is 5.82 Å². The van der Waals surface area contributed by atoms with Crippen molar-refractivity contribution in [1.82, 2.24) is 4.98 Å². The Hall–Kier alpha value is -3.05. The van der Waals surface area contributed by atoms with E-state index >= 15 is 0 Å². The molecule has 2 unspecified atom stereocenters. The van der Waals surface area contributed by atoms with Gasteiger partial charge in [0.2, 0.25) is 0 Å². The molecular formula is C24H23F4N3O. The quantitative estimate of drug-likeness (QED) is 0.465. The van der Waals surface area contributed by atoms with Crippen LogP contribution in [0, 0.1) is 24.1 Å². The third-order valence-corrected chi connectivity index (χ3v) is 6.45. The van der Waals surface area contributed by atoms with Crippen LogP contribution >= 0.6 is 0 Å². The molecule has 0 saturated heterocycles. The first-order valence-corrected chi connectivity index (χ1v) is 10.3. The summed E-state index contributed by atoms with van der Waals surface area (Å²) in [7, 11) is 0. The van der Waals surface area contributed by atoms with E-state index in [0.717, 1.165) is 5.56 Å². The molecule has 32 heavy (non-hydrogen) atoms. The lowest BCUT2D eigenvalue weighted by Gasteiger charge is -2.43. The van der Waals surface area contributed by atoms with Crippen LogP contribution in [0.5, 0.6) is 0 Å². The summed E-state index contributed by atoms with van der Waals surface area (Å²) in [4.78, 5) is 2.93. The lowest BCUT2D eigenvalue weighted by atomic mass is 9.68. The summed E-state index contributed by atoms with van der Waals surface area (Å²) in [5.74, 6) is -0.534. The predicted molar refractivity (Wildman–Crippen MR) is 114 cm³/mol. The van der Waals surface area contributed by atoms with E-state index in [2.05, 4.69) is 10.3 Å². The van der Waals surface area contributed by atoms with E-state index in [9.17, 15) is 22.7 Å². The van der Waals surface area contributed by atoms with Crippen LogP contribution in [-0.2, 0) is 11.8 Å². The molecule has 0 bridgehead atoms. The maximum Gasteiger partial charge on any atom is 0.417 e. The number of halogens is 4. The number of fused-ring (bicyclic) bond motifs is 2. The average Bonchev–Trinajstić information content (AvgIpc) is 3.10. The minimum Gasteiger partial charge on any atom is -0.385 e. The van der Waals surface area contributed by atoms with Crippen LogP contribution in [0.3, 0.4) is 0 Å². The van der Waals surface area contributed by atoms with Crippen LogP contribution in [0.1, 0.15) is 42.1 Å². The summed E-state index contributed by atoms with van der Waals surface area (Å²) in [5, 5.41) is 23.9. The van der Waals surface area contributed by atoms with Crippen molar-refractivity contribution in [2.45, 2.75) is 50.3 Å². The smallest absolute Gasteiger partial charge is 0.385 e. The highest BCUT2D eigenvalue weighted by atomic mass is 19.4. The average molecular weight is 445 g/mol. The Balaban J connectivity index is 1.74. The van der Waals surface area contributed by atoms with Gasteiger partial charge in [0, 0.05) is 35.2 Å². The largest absolute Gasteiger partial charge is 0.417 e. The topological polar surface area (TPSA) is 71.8 Å². The molecule has 2 heterocycles. The molecule has 8 heteroatoms. The first-order chi connectivity index (χ1) is 14.9. The van der Waals surface area contributed by atoms with Gasteiger partial charge in [-0.2, -0.15) is 18.4 Å². The van der Waals surface area contributed by atoms with Gasteiger partial charge in [-0.15, -0.1) is 0 Å². The number of aromatic nitrogens is 1. The third kappa shape index (κ3) is 3.82. The minimum atomic E-state index is -4.90. The normalized spacial score (nSPS) is 20.3. The molecule has 1 aliphatic rings. The van der Waals surface area contributed by atoms with Crippen molar-refractivity contribution in [3.8, 4) is 6.07 Å². The molecule has 2 atom stereocenters. The van der Waals surface area contributed by atoms with Crippen LogP contribution in [0.4, 0.5) is 23.2 Å². The Bertz CT molecular complexity index is 1230. The van der Waals surface area contributed by atoms with Crippen molar-refractivity contribution in [3.05, 3.63) is 64.6 Å². The SMILES string of the molecule is Cc1cc(C#N)cc2[nH]c(CC(O)(CC3(C)CCNc4ccc(F)cc43)C(F)(F)F)cc12. The number of anilines is 1. The first kappa shape index (κ1) is 22.2. The minimum absolute atomic E-state index is 0.218. The summed E-state index contributed by atoms with van der Waals surface area (Å²) < 4.78 is 56.6. The van der Waals surface area contributed by atoms with Crippen molar-refractivity contribution in [3.63, 3.8) is 0 Å². The van der Waals surface area contributed by atoms with E-state index in [1.807, 2.05) is 6.07 Å². The molecule has 3 N–H and O–H groups in total. The third-order valence-electron chi connectivity index (χ3n) is 6.45. The van der Waals surface area contributed by atoms with Gasteiger partial charge in [-0.25, -0.2) is 4.39 Å². The molecule has 2 aromatic carbocycles. The molecule has 0 fully saturated rings. The molecule has 0 amide bonds. The number of hydrogen-bond donors (Lipinski definition) is 3. The van der Waals surface area contributed by atoms with E-state index in [0.29, 0.717) is 40.7 Å². The second-order valence-electron chi connectivity index (χ2n) is 8.97. The molecule has 0 aliphatic carbocycles. The second kappa shape index (κ2) is 7.52. The molecule has 0 spiro atoms. The standard InChI is InChI=1S/C24H23F4N3O/c1-14-7-15(12-29)8-21-18(14)10-17(31-21)11-23(32,24(26,27)28)13-22(2)5-6-30-20-4-3-16(25)9-19(20)22/h3-4,7-10,30-32H,5-6,11,13H2,1-2H3. The van der Waals surface area contributed by atoms with Crippen LogP contribution in [-0.4, -0.2) is 28.4 Å². The molecule has 4 nitrogen and oxygen atoms in total. The highest BCUT2D eigenvalue weighted by Crippen LogP contribution is 2.48. The fraction of sp³-hybridized carbons (Fsp3) is 0.375. The maximum absolute atomic E-state index is 14.2. The zero-order chi connectivity index (χ0) is 23.3. The number of nitriles is 1. The maximum atomic E-state index is 14.2. The van der Waals surface area contributed by atoms with Crippen molar-refractivity contribution in [2.24, 2.45) is 0 Å². The lowest BCUT2D eigenvalue weighted by molar-refractivity contribution is -0.267. The number of benzene rings is 2. The Labute approximate surface area is 182 Å². The fourth-order valence-electron chi connectivity index (χ4n) is 4.82. The van der Waals surface area contributed by atoms with Gasteiger partial charge in [-0.1, -0.05) is 6.92 Å². The fourth-order valence-corrected chi connectivity index (χ4v) is 4.82. The predicted octanol–water partition coefficient (Wildman–Crippen LogP) is 5.49. The van der Waals surface area contributed by atoms with Crippen molar-refractivity contribution >= 4 is 16.6 Å². The number of alkyl halides is 3. The number of aliphatic hydroxyl groups is 1. The number of hydrogen-bond acceptors (Lipinski definition) is 3. The van der Waals surface area contributed by atoms with Gasteiger partial charge in [0.05, 0.1) is 11.6 Å². The van der Waals surface area contributed by atoms with Gasteiger partial charge >= 0.3 is 6.18 Å². The number of nitrogens with one attached hydrogen (secondary N) is 2. The Morgan fingerprint density at radius 3 is 2.62 bits per heavy atom. The summed E-state index contributed by atoms with van der Waals surface area (Å²) in [5.41, 5.74) is -1.19. The lowest BCUT2D eigenvalue weighted by Crippen LogP contribution is -2.52. The number of aryl methyl sites for hydroxylation is 1. The summed E-state index contributed by atoms with van der Waals surface area (Å²) in [6, 6.07) is 10.9. The second-order valence-corrected chi connectivity index (χ2v) is 8.97. The van der Waals surface area contributed by atoms with E-state index in [4.69, 9.17) is 5.26 Å². The first-order valence-electron chi connectivity index (χ1n) is 10.3. The van der Waals surface area contributed by atoms with Gasteiger partial charge in [-0.05, 0) is 72.7 Å². The Kier molecular flexibility index (Phi) is 5.21. The van der Waals surface area contributed by atoms with Gasteiger partial charge in [0.15, 0.2) is 5.60 Å². The monoisotopic (exact) mass is 445 g/mol. The van der Waals surface area contributed by atoms with Crippen molar-refractivity contribution in [1.29, 1.82) is 5.26 Å². The summed E-state index contributed by atoms with van der Waals surface area (Å²) in [6.45, 7) is 3.83. The van der Waals surface area contributed by atoms with Crippen LogP contribution < -0.4 is 5.32 Å². The van der Waals surface area contributed by atoms with Crippen LogP contribution in [0.15, 0.2) is 36.4 Å². The van der Waals surface area contributed by atoms with Crippen LogP contribution in [0.2, 0.25) is 0 Å². The zero-order valence-corrected chi connectivity index (χ0v) is 17.7. The summed E-state index contributed by atoms with van der Waals surface area (Å²) >= 11 is 0. The number of H-pyrrole nitrogens is 1. The van der Waals surface area contributed by atoms with E-state index in [-0.39, 0.29) is 5.69 Å². The molecule has 3 aromatic rings. The number of nitrogens with zero attached hydrogens (tertiary/aromatic N) is 1. The highest BCUT2D eigenvalue weighted by molar-refractivity contribution is 5.85. The van der Waals surface area contributed by atoms with Crippen LogP contribution in [0.25, 0.3) is 10.9 Å². The Morgan fingerprint density at radius 1 is 1.19 bits per heavy atom. The molecule has 0 radical (unpaired) electrons. The zero-order valence-electron chi connectivity index (χ0n) is 17.7. The number of rotatable bonds is 4. The van der Waals surface area contributed by atoms with Crippen molar-refractivity contribution < 1.29 is 22.7 Å². The van der Waals surface area contributed by atoms with Gasteiger partial charge in [-0.3, -0.25) is 0 Å². The van der Waals surface area contributed by atoms with Crippen molar-refractivity contribution in [2.75, 3.05) is 11.9 Å². The molecule has 1 aliphatic heterocycles.